The Balaban J connectivity index is 2.07. The van der Waals surface area contributed by atoms with Crippen molar-refractivity contribution in [1.29, 1.82) is 0 Å². The van der Waals surface area contributed by atoms with Crippen molar-refractivity contribution < 1.29 is 8.60 Å². The van der Waals surface area contributed by atoms with Gasteiger partial charge in [-0.2, -0.15) is 0 Å². The monoisotopic (exact) mass is 297 g/mol. The molecule has 0 aliphatic rings. The Hall–Kier alpha value is -1.39. The van der Waals surface area contributed by atoms with Crippen LogP contribution in [-0.2, 0) is 22.3 Å². The van der Waals surface area contributed by atoms with Gasteiger partial charge in [0.25, 0.3) is 0 Å². The minimum Gasteiger partial charge on any atom is -0.399 e. The molecule has 2 nitrogen and oxygen atoms in total. The molecule has 0 heterocycles. The summed E-state index contributed by atoms with van der Waals surface area (Å²) in [6, 6.07) is 11.5. The van der Waals surface area contributed by atoms with Gasteiger partial charge in [0, 0.05) is 27.3 Å². The molecule has 0 aromatic heterocycles. The molecule has 1 atom stereocenters. The lowest BCUT2D eigenvalue weighted by Crippen LogP contribution is -2.01. The second-order valence-electron chi connectivity index (χ2n) is 4.21. The molecule has 2 aromatic carbocycles. The van der Waals surface area contributed by atoms with Crippen molar-refractivity contribution in [2.45, 2.75) is 11.5 Å². The highest BCUT2D eigenvalue weighted by Crippen LogP contribution is 2.19. The summed E-state index contributed by atoms with van der Waals surface area (Å²) in [5.74, 6) is 0.188. The fourth-order valence-electron chi connectivity index (χ4n) is 1.78. The average molecular weight is 298 g/mol. The van der Waals surface area contributed by atoms with Gasteiger partial charge in [-0.15, -0.1) is 0 Å². The van der Waals surface area contributed by atoms with Gasteiger partial charge < -0.3 is 5.73 Å². The van der Waals surface area contributed by atoms with Gasteiger partial charge in [-0.25, -0.2) is 4.39 Å². The summed E-state index contributed by atoms with van der Waals surface area (Å²) in [7, 11) is -1.16. The standard InChI is InChI=1S/C14H13ClFNOS/c15-14-4-2-1-3-11(14)9-19(18)8-10-5-12(16)7-13(17)6-10/h1-7H,8-9,17H2. The molecule has 2 aromatic rings. The third kappa shape index (κ3) is 4.04. The number of nitrogen functional groups attached to an aromatic ring is 1. The number of halogens is 2. The van der Waals surface area contributed by atoms with Crippen LogP contribution in [0.3, 0.4) is 0 Å². The van der Waals surface area contributed by atoms with E-state index in [1.807, 2.05) is 18.2 Å². The Bertz CT molecular complexity index is 598. The van der Waals surface area contributed by atoms with Gasteiger partial charge in [0.05, 0.1) is 5.75 Å². The third-order valence-electron chi connectivity index (χ3n) is 2.58. The second-order valence-corrected chi connectivity index (χ2v) is 6.08. The quantitative estimate of drug-likeness (QED) is 0.878. The molecule has 0 amide bonds. The van der Waals surface area contributed by atoms with Crippen LogP contribution < -0.4 is 5.73 Å². The molecule has 1 unspecified atom stereocenters. The van der Waals surface area contributed by atoms with Gasteiger partial charge >= 0.3 is 0 Å². The molecule has 0 saturated carbocycles. The van der Waals surface area contributed by atoms with Crippen LogP contribution in [0.5, 0.6) is 0 Å². The molecule has 0 aliphatic heterocycles. The zero-order valence-electron chi connectivity index (χ0n) is 10.1. The first-order chi connectivity index (χ1) is 9.04. The summed E-state index contributed by atoms with van der Waals surface area (Å²) < 4.78 is 25.2. The van der Waals surface area contributed by atoms with Crippen LogP contribution in [0, 0.1) is 5.82 Å². The first-order valence-corrected chi connectivity index (χ1v) is 7.54. The lowest BCUT2D eigenvalue weighted by Gasteiger charge is -2.06. The minimum atomic E-state index is -1.16. The van der Waals surface area contributed by atoms with Gasteiger partial charge in [0.15, 0.2) is 0 Å². The van der Waals surface area contributed by atoms with E-state index in [2.05, 4.69) is 0 Å². The normalized spacial score (nSPS) is 12.3. The van der Waals surface area contributed by atoms with E-state index < -0.39 is 16.6 Å². The van der Waals surface area contributed by atoms with Crippen LogP contribution in [0.4, 0.5) is 10.1 Å². The number of benzene rings is 2. The van der Waals surface area contributed by atoms with Crippen molar-refractivity contribution in [2.24, 2.45) is 0 Å². The van der Waals surface area contributed by atoms with Crippen molar-refractivity contribution >= 4 is 28.1 Å². The van der Waals surface area contributed by atoms with Crippen LogP contribution in [0.1, 0.15) is 11.1 Å². The lowest BCUT2D eigenvalue weighted by atomic mass is 10.2. The highest BCUT2D eigenvalue weighted by Gasteiger charge is 2.07. The van der Waals surface area contributed by atoms with E-state index in [0.29, 0.717) is 22.0 Å². The SMILES string of the molecule is Nc1cc(F)cc(CS(=O)Cc2ccccc2Cl)c1. The van der Waals surface area contributed by atoms with Crippen molar-refractivity contribution in [3.05, 3.63) is 64.4 Å². The molecular weight excluding hydrogens is 285 g/mol. The molecule has 0 radical (unpaired) electrons. The highest BCUT2D eigenvalue weighted by molar-refractivity contribution is 7.83. The van der Waals surface area contributed by atoms with Crippen LogP contribution in [-0.4, -0.2) is 4.21 Å². The van der Waals surface area contributed by atoms with Crippen molar-refractivity contribution in [2.75, 3.05) is 5.73 Å². The minimum absolute atomic E-state index is 0.257. The summed E-state index contributed by atoms with van der Waals surface area (Å²) in [6.45, 7) is 0. The summed E-state index contributed by atoms with van der Waals surface area (Å²) >= 11 is 6.01. The maximum absolute atomic E-state index is 13.2. The Kier molecular flexibility index (Phi) is 4.56. The van der Waals surface area contributed by atoms with E-state index in [1.165, 1.54) is 12.1 Å². The van der Waals surface area contributed by atoms with Crippen LogP contribution in [0.15, 0.2) is 42.5 Å². The van der Waals surface area contributed by atoms with E-state index >= 15 is 0 Å². The third-order valence-corrected chi connectivity index (χ3v) is 4.24. The lowest BCUT2D eigenvalue weighted by molar-refractivity contribution is 0.627. The predicted molar refractivity (Wildman–Crippen MR) is 77.8 cm³/mol. The molecular formula is C14H13ClFNOS. The molecule has 2 N–H and O–H groups in total. The van der Waals surface area contributed by atoms with E-state index in [0.717, 1.165) is 5.56 Å². The smallest absolute Gasteiger partial charge is 0.125 e. The zero-order valence-corrected chi connectivity index (χ0v) is 11.7. The molecule has 0 fully saturated rings. The molecule has 0 bridgehead atoms. The first kappa shape index (κ1) is 14.0. The molecule has 19 heavy (non-hydrogen) atoms. The maximum Gasteiger partial charge on any atom is 0.125 e. The Morgan fingerprint density at radius 2 is 1.89 bits per heavy atom. The summed E-state index contributed by atoms with van der Waals surface area (Å²) in [6.07, 6.45) is 0. The molecule has 0 saturated heterocycles. The van der Waals surface area contributed by atoms with Crippen molar-refractivity contribution in [3.8, 4) is 0 Å². The predicted octanol–water partition coefficient (Wildman–Crippen LogP) is 3.51. The van der Waals surface area contributed by atoms with Crippen molar-refractivity contribution in [1.82, 2.24) is 0 Å². The highest BCUT2D eigenvalue weighted by atomic mass is 35.5. The van der Waals surface area contributed by atoms with Gasteiger partial charge in [0.1, 0.15) is 5.82 Å². The molecule has 0 spiro atoms. The van der Waals surface area contributed by atoms with Crippen LogP contribution >= 0.6 is 11.6 Å². The maximum atomic E-state index is 13.2. The first-order valence-electron chi connectivity index (χ1n) is 5.68. The fourth-order valence-corrected chi connectivity index (χ4v) is 3.31. The second kappa shape index (κ2) is 6.17. The van der Waals surface area contributed by atoms with Gasteiger partial charge in [-0.3, -0.25) is 4.21 Å². The Labute approximate surface area is 118 Å². The van der Waals surface area contributed by atoms with Crippen molar-refractivity contribution in [3.63, 3.8) is 0 Å². The zero-order chi connectivity index (χ0) is 13.8. The summed E-state index contributed by atoms with van der Waals surface area (Å²) in [5.41, 5.74) is 7.34. The van der Waals surface area contributed by atoms with Gasteiger partial charge in [-0.1, -0.05) is 29.8 Å². The molecule has 5 heteroatoms. The number of hydrogen-bond donors (Lipinski definition) is 1. The number of rotatable bonds is 4. The van der Waals surface area contributed by atoms with E-state index in [-0.39, 0.29) is 5.75 Å². The average Bonchev–Trinajstić information content (AvgIpc) is 2.30. The molecule has 2 rings (SSSR count). The summed E-state index contributed by atoms with van der Waals surface area (Å²) in [5, 5.41) is 0.592. The molecule has 0 aliphatic carbocycles. The molecule has 100 valence electrons. The number of nitrogens with two attached hydrogens (primary N) is 1. The van der Waals surface area contributed by atoms with Crippen LogP contribution in [0.25, 0.3) is 0 Å². The fraction of sp³-hybridized carbons (Fsp3) is 0.143. The number of anilines is 1. The number of hydrogen-bond acceptors (Lipinski definition) is 2. The van der Waals surface area contributed by atoms with E-state index in [4.69, 9.17) is 17.3 Å². The van der Waals surface area contributed by atoms with E-state index in [1.54, 1.807) is 12.1 Å². The van der Waals surface area contributed by atoms with Crippen LogP contribution in [0.2, 0.25) is 5.02 Å². The largest absolute Gasteiger partial charge is 0.399 e. The van der Waals surface area contributed by atoms with Gasteiger partial charge in [0.2, 0.25) is 0 Å². The summed E-state index contributed by atoms with van der Waals surface area (Å²) in [4.78, 5) is 0. The Morgan fingerprint density at radius 1 is 1.16 bits per heavy atom. The van der Waals surface area contributed by atoms with Gasteiger partial charge in [-0.05, 0) is 35.4 Å². The topological polar surface area (TPSA) is 43.1 Å². The van der Waals surface area contributed by atoms with E-state index in [9.17, 15) is 8.60 Å². The Morgan fingerprint density at radius 3 is 2.58 bits per heavy atom.